The van der Waals surface area contributed by atoms with Gasteiger partial charge < -0.3 is 4.74 Å². The lowest BCUT2D eigenvalue weighted by molar-refractivity contribution is 0.0526. The molecule has 0 saturated heterocycles. The summed E-state index contributed by atoms with van der Waals surface area (Å²) in [5, 5.41) is 0. The predicted molar refractivity (Wildman–Crippen MR) is 63.0 cm³/mol. The average Bonchev–Trinajstić information content (AvgIpc) is 2.18. The fraction of sp³-hybridized carbons (Fsp3) is 0.300. The monoisotopic (exact) mass is 320 g/mol. The molecule has 0 radical (unpaired) electrons. The summed E-state index contributed by atoms with van der Waals surface area (Å²) in [4.78, 5) is 11.3. The highest BCUT2D eigenvalue weighted by molar-refractivity contribution is 9.24. The quantitative estimate of drug-likeness (QED) is 0.627. The van der Waals surface area contributed by atoms with E-state index in [0.717, 1.165) is 5.56 Å². The Kier molecular flexibility index (Phi) is 4.62. The van der Waals surface area contributed by atoms with Gasteiger partial charge >= 0.3 is 5.97 Å². The topological polar surface area (TPSA) is 26.3 Å². The fourth-order valence-corrected chi connectivity index (χ4v) is 1.59. The average molecular weight is 322 g/mol. The van der Waals surface area contributed by atoms with E-state index in [-0.39, 0.29) is 9.71 Å². The number of hydrogen-bond donors (Lipinski definition) is 0. The number of rotatable bonds is 3. The van der Waals surface area contributed by atoms with Crippen molar-refractivity contribution in [2.75, 3.05) is 6.61 Å². The van der Waals surface area contributed by atoms with E-state index in [1.165, 1.54) is 0 Å². The first kappa shape index (κ1) is 11.7. The third kappa shape index (κ3) is 3.10. The Morgan fingerprint density at radius 1 is 1.36 bits per heavy atom. The standard InChI is InChI=1S/C10H10Br2O2/c1-2-14-10(13)8-5-3-7(4-6-8)9(11)12/h3-6,9H,2H2,1H3. The number of benzene rings is 1. The molecule has 0 amide bonds. The molecular weight excluding hydrogens is 312 g/mol. The third-order valence-corrected chi connectivity index (χ3v) is 2.73. The molecule has 4 heteroatoms. The van der Waals surface area contributed by atoms with Crippen molar-refractivity contribution in [1.29, 1.82) is 0 Å². The molecule has 0 aliphatic rings. The van der Waals surface area contributed by atoms with Gasteiger partial charge in [-0.3, -0.25) is 0 Å². The van der Waals surface area contributed by atoms with Crippen molar-refractivity contribution in [2.45, 2.75) is 10.7 Å². The lowest BCUT2D eigenvalue weighted by atomic mass is 10.1. The van der Waals surface area contributed by atoms with Crippen LogP contribution in [-0.4, -0.2) is 12.6 Å². The zero-order chi connectivity index (χ0) is 10.6. The summed E-state index contributed by atoms with van der Waals surface area (Å²) in [5.74, 6) is -0.278. The Hall–Kier alpha value is -0.350. The minimum absolute atomic E-state index is 0.117. The first-order valence-corrected chi connectivity index (χ1v) is 6.03. The number of alkyl halides is 2. The van der Waals surface area contributed by atoms with E-state index in [2.05, 4.69) is 31.9 Å². The van der Waals surface area contributed by atoms with Crippen LogP contribution in [0.2, 0.25) is 0 Å². The molecule has 0 bridgehead atoms. The van der Waals surface area contributed by atoms with Crippen LogP contribution in [0.3, 0.4) is 0 Å². The summed E-state index contributed by atoms with van der Waals surface area (Å²) in [6, 6.07) is 7.26. The van der Waals surface area contributed by atoms with Gasteiger partial charge in [-0.05, 0) is 24.6 Å². The second-order valence-electron chi connectivity index (χ2n) is 2.64. The van der Waals surface area contributed by atoms with E-state index in [9.17, 15) is 4.79 Å². The van der Waals surface area contributed by atoms with Crippen LogP contribution in [0, 0.1) is 0 Å². The molecule has 0 aliphatic carbocycles. The number of halogens is 2. The maximum Gasteiger partial charge on any atom is 0.338 e. The van der Waals surface area contributed by atoms with E-state index >= 15 is 0 Å². The van der Waals surface area contributed by atoms with Crippen molar-refractivity contribution >= 4 is 37.8 Å². The normalized spacial score (nSPS) is 10.3. The number of esters is 1. The molecule has 14 heavy (non-hydrogen) atoms. The first-order valence-electron chi connectivity index (χ1n) is 4.20. The van der Waals surface area contributed by atoms with Crippen LogP contribution < -0.4 is 0 Å². The number of carbonyl (C=O) groups is 1. The van der Waals surface area contributed by atoms with Gasteiger partial charge in [0.2, 0.25) is 0 Å². The van der Waals surface area contributed by atoms with Crippen molar-refractivity contribution in [3.05, 3.63) is 35.4 Å². The third-order valence-electron chi connectivity index (χ3n) is 1.67. The van der Waals surface area contributed by atoms with Gasteiger partial charge in [0.15, 0.2) is 0 Å². The highest BCUT2D eigenvalue weighted by atomic mass is 79.9. The molecule has 0 unspecified atom stereocenters. The number of hydrogen-bond acceptors (Lipinski definition) is 2. The Balaban J connectivity index is 2.78. The van der Waals surface area contributed by atoms with E-state index in [4.69, 9.17) is 4.74 Å². The van der Waals surface area contributed by atoms with Crippen LogP contribution in [0.5, 0.6) is 0 Å². The van der Waals surface area contributed by atoms with Crippen LogP contribution in [-0.2, 0) is 4.74 Å². The molecule has 0 fully saturated rings. The van der Waals surface area contributed by atoms with Gasteiger partial charge in [-0.2, -0.15) is 0 Å². The molecule has 0 heterocycles. The molecule has 1 rings (SSSR count). The summed E-state index contributed by atoms with van der Waals surface area (Å²) in [6.45, 7) is 2.19. The van der Waals surface area contributed by atoms with Crippen LogP contribution >= 0.6 is 31.9 Å². The first-order chi connectivity index (χ1) is 6.65. The van der Waals surface area contributed by atoms with Gasteiger partial charge in [-0.1, -0.05) is 44.0 Å². The van der Waals surface area contributed by atoms with E-state index in [1.807, 2.05) is 12.1 Å². The van der Waals surface area contributed by atoms with Gasteiger partial charge in [0, 0.05) is 0 Å². The summed E-state index contributed by atoms with van der Waals surface area (Å²) >= 11 is 6.75. The predicted octanol–water partition coefficient (Wildman–Crippen LogP) is 3.65. The van der Waals surface area contributed by atoms with Crippen LogP contribution in [0.25, 0.3) is 0 Å². The highest BCUT2D eigenvalue weighted by Gasteiger charge is 2.07. The molecule has 0 saturated carbocycles. The maximum atomic E-state index is 11.3. The smallest absolute Gasteiger partial charge is 0.338 e. The molecule has 0 aromatic heterocycles. The van der Waals surface area contributed by atoms with Crippen molar-refractivity contribution < 1.29 is 9.53 Å². The molecule has 2 nitrogen and oxygen atoms in total. The molecule has 1 aromatic rings. The lowest BCUT2D eigenvalue weighted by Crippen LogP contribution is -2.04. The fourth-order valence-electron chi connectivity index (χ4n) is 0.979. The van der Waals surface area contributed by atoms with Crippen molar-refractivity contribution in [3.8, 4) is 0 Å². The summed E-state index contributed by atoms with van der Waals surface area (Å²) in [5.41, 5.74) is 1.65. The molecule has 0 atom stereocenters. The molecule has 1 aromatic carbocycles. The lowest BCUT2D eigenvalue weighted by Gasteiger charge is -2.04. The van der Waals surface area contributed by atoms with E-state index in [1.54, 1.807) is 19.1 Å². The number of ether oxygens (including phenoxy) is 1. The summed E-state index contributed by atoms with van der Waals surface area (Å²) in [7, 11) is 0. The SMILES string of the molecule is CCOC(=O)c1ccc(C(Br)Br)cc1. The van der Waals surface area contributed by atoms with Crippen LogP contribution in [0.1, 0.15) is 26.6 Å². The Morgan fingerprint density at radius 3 is 2.36 bits per heavy atom. The van der Waals surface area contributed by atoms with Gasteiger partial charge in [-0.15, -0.1) is 0 Å². The summed E-state index contributed by atoms with van der Waals surface area (Å²) in [6.07, 6.45) is 0. The molecule has 0 spiro atoms. The Labute approximate surface area is 99.9 Å². The summed E-state index contributed by atoms with van der Waals surface area (Å²) < 4.78 is 4.98. The number of carbonyl (C=O) groups excluding carboxylic acids is 1. The van der Waals surface area contributed by atoms with E-state index < -0.39 is 0 Å². The van der Waals surface area contributed by atoms with Gasteiger partial charge in [0.05, 0.1) is 15.9 Å². The van der Waals surface area contributed by atoms with Crippen LogP contribution in [0.15, 0.2) is 24.3 Å². The largest absolute Gasteiger partial charge is 0.462 e. The van der Waals surface area contributed by atoms with Crippen molar-refractivity contribution in [3.63, 3.8) is 0 Å². The second-order valence-corrected chi connectivity index (χ2v) is 5.70. The van der Waals surface area contributed by atoms with Gasteiger partial charge in [-0.25, -0.2) is 4.79 Å². The van der Waals surface area contributed by atoms with Gasteiger partial charge in [0.1, 0.15) is 0 Å². The molecule has 0 aliphatic heterocycles. The van der Waals surface area contributed by atoms with E-state index in [0.29, 0.717) is 12.2 Å². The maximum absolute atomic E-state index is 11.3. The minimum Gasteiger partial charge on any atom is -0.462 e. The zero-order valence-corrected chi connectivity index (χ0v) is 10.8. The van der Waals surface area contributed by atoms with Crippen molar-refractivity contribution in [2.24, 2.45) is 0 Å². The highest BCUT2D eigenvalue weighted by Crippen LogP contribution is 2.28. The van der Waals surface area contributed by atoms with Crippen LogP contribution in [0.4, 0.5) is 0 Å². The Bertz CT molecular complexity index is 306. The van der Waals surface area contributed by atoms with Crippen molar-refractivity contribution in [1.82, 2.24) is 0 Å². The Morgan fingerprint density at radius 2 is 1.93 bits per heavy atom. The minimum atomic E-state index is -0.278. The second kappa shape index (κ2) is 5.51. The zero-order valence-electron chi connectivity index (χ0n) is 7.67. The molecular formula is C10H10Br2O2. The van der Waals surface area contributed by atoms with Gasteiger partial charge in [0.25, 0.3) is 0 Å². The molecule has 76 valence electrons. The molecule has 0 N–H and O–H groups in total.